The highest BCUT2D eigenvalue weighted by atomic mass is 32.1. The summed E-state index contributed by atoms with van der Waals surface area (Å²) < 4.78 is 5.36. The Morgan fingerprint density at radius 3 is 2.53 bits per heavy atom. The van der Waals surface area contributed by atoms with Crippen LogP contribution >= 0.6 is 11.3 Å². The number of ketones is 1. The highest BCUT2D eigenvalue weighted by Crippen LogP contribution is 2.23. The molecule has 0 unspecified atom stereocenters. The number of aryl methyl sites for hydroxylation is 1. The molecule has 3 nitrogen and oxygen atoms in total. The average Bonchev–Trinajstić information content (AvgIpc) is 2.87. The van der Waals surface area contributed by atoms with Crippen molar-refractivity contribution in [2.24, 2.45) is 0 Å². The van der Waals surface area contributed by atoms with Gasteiger partial charge in [-0.05, 0) is 32.4 Å². The number of ether oxygens (including phenoxy) is 1. The Morgan fingerprint density at radius 2 is 1.95 bits per heavy atom. The van der Waals surface area contributed by atoms with E-state index in [-0.39, 0.29) is 5.54 Å². The molecule has 0 saturated carbocycles. The van der Waals surface area contributed by atoms with Crippen molar-refractivity contribution in [3.05, 3.63) is 21.9 Å². The van der Waals surface area contributed by atoms with Gasteiger partial charge in [-0.1, -0.05) is 6.92 Å². The molecular formula is C15H23NO2S. The smallest absolute Gasteiger partial charge is 0.157 e. The van der Waals surface area contributed by atoms with Gasteiger partial charge in [-0.3, -0.25) is 9.69 Å². The van der Waals surface area contributed by atoms with Crippen LogP contribution in [0.1, 0.15) is 30.5 Å². The number of hydrogen-bond donors (Lipinski definition) is 0. The molecule has 0 aromatic carbocycles. The lowest BCUT2D eigenvalue weighted by atomic mass is 9.93. The second-order valence-corrected chi connectivity index (χ2v) is 6.73. The number of carbonyl (C=O) groups is 1. The number of nitrogens with zero attached hydrogens (tertiary/aromatic N) is 1. The fraction of sp³-hybridized carbons (Fsp3) is 0.667. The van der Waals surface area contributed by atoms with Crippen LogP contribution < -0.4 is 0 Å². The maximum absolute atomic E-state index is 12.6. The number of carbonyl (C=O) groups excluding carboxylic acids is 1. The summed E-state index contributed by atoms with van der Waals surface area (Å²) in [5.41, 5.74) is -0.389. The number of hydrogen-bond acceptors (Lipinski definition) is 4. The van der Waals surface area contributed by atoms with E-state index in [0.29, 0.717) is 12.2 Å². The largest absolute Gasteiger partial charge is 0.379 e. The van der Waals surface area contributed by atoms with Gasteiger partial charge in [-0.2, -0.15) is 0 Å². The summed E-state index contributed by atoms with van der Waals surface area (Å²) in [6, 6.07) is 4.23. The highest BCUT2D eigenvalue weighted by molar-refractivity contribution is 7.12. The summed E-state index contributed by atoms with van der Waals surface area (Å²) in [6.45, 7) is 9.39. The van der Waals surface area contributed by atoms with Crippen LogP contribution in [-0.4, -0.2) is 42.5 Å². The van der Waals surface area contributed by atoms with Gasteiger partial charge < -0.3 is 4.74 Å². The topological polar surface area (TPSA) is 29.5 Å². The van der Waals surface area contributed by atoms with Crippen molar-refractivity contribution in [3.8, 4) is 0 Å². The molecule has 2 heterocycles. The fourth-order valence-corrected chi connectivity index (χ4v) is 3.34. The summed E-state index contributed by atoms with van der Waals surface area (Å²) in [7, 11) is 0. The van der Waals surface area contributed by atoms with Crippen LogP contribution in [0.4, 0.5) is 0 Å². The minimum Gasteiger partial charge on any atom is -0.379 e. The monoisotopic (exact) mass is 281 g/mol. The van der Waals surface area contributed by atoms with Crippen molar-refractivity contribution < 1.29 is 9.53 Å². The van der Waals surface area contributed by atoms with Gasteiger partial charge in [0.2, 0.25) is 0 Å². The van der Waals surface area contributed by atoms with E-state index in [1.54, 1.807) is 11.3 Å². The lowest BCUT2D eigenvalue weighted by molar-refractivity contribution is -0.131. The summed E-state index contributed by atoms with van der Waals surface area (Å²) in [6.07, 6.45) is 1.60. The minimum atomic E-state index is -0.389. The van der Waals surface area contributed by atoms with Crippen molar-refractivity contribution >= 4 is 17.1 Å². The molecule has 106 valence electrons. The molecule has 19 heavy (non-hydrogen) atoms. The lowest BCUT2D eigenvalue weighted by Crippen LogP contribution is -2.54. The van der Waals surface area contributed by atoms with E-state index >= 15 is 0 Å². The zero-order valence-corrected chi connectivity index (χ0v) is 12.9. The summed E-state index contributed by atoms with van der Waals surface area (Å²) in [5.74, 6) is 0.305. The van der Waals surface area contributed by atoms with Crippen LogP contribution in [0.5, 0.6) is 0 Å². The van der Waals surface area contributed by atoms with Crippen molar-refractivity contribution in [1.82, 2.24) is 4.90 Å². The molecule has 0 amide bonds. The van der Waals surface area contributed by atoms with Gasteiger partial charge in [-0.15, -0.1) is 11.3 Å². The predicted molar refractivity (Wildman–Crippen MR) is 78.9 cm³/mol. The van der Waals surface area contributed by atoms with E-state index in [1.807, 2.05) is 13.8 Å². The first-order chi connectivity index (χ1) is 9.04. The molecule has 0 bridgehead atoms. The normalized spacial score (nSPS) is 17.6. The SMILES string of the molecule is CCc1ccc(CC(=O)C(C)(C)N2CCOCC2)s1. The second kappa shape index (κ2) is 6.16. The fourth-order valence-electron chi connectivity index (χ4n) is 2.38. The van der Waals surface area contributed by atoms with E-state index in [0.717, 1.165) is 32.7 Å². The van der Waals surface area contributed by atoms with Crippen LogP contribution in [0.15, 0.2) is 12.1 Å². The number of rotatable bonds is 5. The maximum Gasteiger partial charge on any atom is 0.157 e. The molecule has 1 saturated heterocycles. The Morgan fingerprint density at radius 1 is 1.32 bits per heavy atom. The van der Waals surface area contributed by atoms with E-state index < -0.39 is 0 Å². The van der Waals surface area contributed by atoms with Gasteiger partial charge in [0.05, 0.1) is 18.8 Å². The van der Waals surface area contributed by atoms with Gasteiger partial charge in [0.15, 0.2) is 5.78 Å². The third-order valence-electron chi connectivity index (χ3n) is 3.88. The standard InChI is InChI=1S/C15H23NO2S/c1-4-12-5-6-13(19-12)11-14(17)15(2,3)16-7-9-18-10-8-16/h5-6H,4,7-11H2,1-3H3. The molecule has 0 N–H and O–H groups in total. The first-order valence-corrected chi connectivity index (χ1v) is 7.79. The maximum atomic E-state index is 12.6. The van der Waals surface area contributed by atoms with Gasteiger partial charge in [0.25, 0.3) is 0 Å². The van der Waals surface area contributed by atoms with Crippen LogP contribution in [0.25, 0.3) is 0 Å². The van der Waals surface area contributed by atoms with E-state index in [2.05, 4.69) is 24.0 Å². The zero-order valence-electron chi connectivity index (χ0n) is 12.1. The van der Waals surface area contributed by atoms with E-state index in [4.69, 9.17) is 4.74 Å². The average molecular weight is 281 g/mol. The molecule has 1 fully saturated rings. The molecule has 1 aliphatic heterocycles. The molecule has 0 spiro atoms. The number of Topliss-reactive ketones (excluding diaryl/α,β-unsaturated/α-hetero) is 1. The predicted octanol–water partition coefficient (Wildman–Crippen LogP) is 2.53. The quantitative estimate of drug-likeness (QED) is 0.830. The minimum absolute atomic E-state index is 0.305. The number of thiophene rings is 1. The van der Waals surface area contributed by atoms with Crippen LogP contribution in [0.3, 0.4) is 0 Å². The Hall–Kier alpha value is -0.710. The third kappa shape index (κ3) is 3.44. The van der Waals surface area contributed by atoms with E-state index in [1.165, 1.54) is 9.75 Å². The first kappa shape index (κ1) is 14.7. The van der Waals surface area contributed by atoms with Crippen molar-refractivity contribution in [2.45, 2.75) is 39.2 Å². The van der Waals surface area contributed by atoms with Gasteiger partial charge in [0.1, 0.15) is 0 Å². The Balaban J connectivity index is 2.00. The van der Waals surface area contributed by atoms with Crippen molar-refractivity contribution in [3.63, 3.8) is 0 Å². The molecule has 4 heteroatoms. The van der Waals surface area contributed by atoms with Gasteiger partial charge in [0, 0.05) is 29.3 Å². The highest BCUT2D eigenvalue weighted by Gasteiger charge is 2.35. The van der Waals surface area contributed by atoms with Crippen LogP contribution in [0.2, 0.25) is 0 Å². The molecule has 1 aromatic rings. The summed E-state index contributed by atoms with van der Waals surface area (Å²) >= 11 is 1.76. The van der Waals surface area contributed by atoms with Crippen LogP contribution in [-0.2, 0) is 22.4 Å². The first-order valence-electron chi connectivity index (χ1n) is 6.97. The molecule has 2 rings (SSSR count). The molecule has 0 radical (unpaired) electrons. The molecule has 1 aromatic heterocycles. The van der Waals surface area contributed by atoms with Crippen molar-refractivity contribution in [1.29, 1.82) is 0 Å². The van der Waals surface area contributed by atoms with E-state index in [9.17, 15) is 4.79 Å². The molecular weight excluding hydrogens is 258 g/mol. The second-order valence-electron chi connectivity index (χ2n) is 5.48. The Kier molecular flexibility index (Phi) is 4.76. The summed E-state index contributed by atoms with van der Waals surface area (Å²) in [4.78, 5) is 17.3. The molecule has 1 aliphatic rings. The summed E-state index contributed by atoms with van der Waals surface area (Å²) in [5, 5.41) is 0. The van der Waals surface area contributed by atoms with Crippen molar-refractivity contribution in [2.75, 3.05) is 26.3 Å². The molecule has 0 atom stereocenters. The van der Waals surface area contributed by atoms with Crippen LogP contribution in [0, 0.1) is 0 Å². The molecule has 0 aliphatic carbocycles. The number of morpholine rings is 1. The lowest BCUT2D eigenvalue weighted by Gasteiger charge is -2.39. The Bertz CT molecular complexity index is 433. The van der Waals surface area contributed by atoms with Gasteiger partial charge in [-0.25, -0.2) is 0 Å². The Labute approximate surface area is 119 Å². The van der Waals surface area contributed by atoms with Gasteiger partial charge >= 0.3 is 0 Å². The zero-order chi connectivity index (χ0) is 13.9. The third-order valence-corrected chi connectivity index (χ3v) is 5.11.